The van der Waals surface area contributed by atoms with Crippen molar-refractivity contribution < 1.29 is 4.42 Å². The highest BCUT2D eigenvalue weighted by molar-refractivity contribution is 7.28. The molecule has 0 radical (unpaired) electrons. The van der Waals surface area contributed by atoms with E-state index in [0.29, 0.717) is 0 Å². The third-order valence-electron chi connectivity index (χ3n) is 10.1. The van der Waals surface area contributed by atoms with Gasteiger partial charge in [-0.25, -0.2) is 0 Å². The Morgan fingerprint density at radius 1 is 0.380 bits per heavy atom. The molecule has 0 saturated heterocycles. The van der Waals surface area contributed by atoms with Gasteiger partial charge in [0.2, 0.25) is 0 Å². The summed E-state index contributed by atoms with van der Waals surface area (Å²) in [5.41, 5.74) is 7.46. The van der Waals surface area contributed by atoms with Gasteiger partial charge in [-0.1, -0.05) is 97.1 Å². The van der Waals surface area contributed by atoms with Crippen molar-refractivity contribution in [2.75, 3.05) is 4.90 Å². The average Bonchev–Trinajstić information content (AvgIpc) is 3.86. The van der Waals surface area contributed by atoms with Gasteiger partial charge in [-0.3, -0.25) is 0 Å². The van der Waals surface area contributed by atoms with E-state index in [0.717, 1.165) is 39.0 Å². The monoisotopic (exact) mass is 673 g/mol. The lowest BCUT2D eigenvalue weighted by molar-refractivity contribution is 0.669. The smallest absolute Gasteiger partial charge is 0.137 e. The van der Waals surface area contributed by atoms with Gasteiger partial charge in [-0.05, 0) is 82.6 Å². The molecule has 4 heteroatoms. The van der Waals surface area contributed by atoms with E-state index in [9.17, 15) is 0 Å². The first-order valence-corrected chi connectivity index (χ1v) is 18.5. The molecule has 0 N–H and O–H groups in total. The fourth-order valence-corrected chi connectivity index (χ4v) is 10.1. The summed E-state index contributed by atoms with van der Waals surface area (Å²) in [7, 11) is 0. The average molecular weight is 674 g/mol. The van der Waals surface area contributed by atoms with Crippen molar-refractivity contribution in [2.24, 2.45) is 0 Å². The van der Waals surface area contributed by atoms with Crippen LogP contribution in [0.4, 0.5) is 17.1 Å². The quantitative estimate of drug-likeness (QED) is 0.185. The summed E-state index contributed by atoms with van der Waals surface area (Å²) < 4.78 is 11.7. The Kier molecular flexibility index (Phi) is 6.03. The van der Waals surface area contributed by atoms with E-state index in [1.807, 2.05) is 34.8 Å². The van der Waals surface area contributed by atoms with Crippen molar-refractivity contribution >= 4 is 113 Å². The number of thiophene rings is 2. The summed E-state index contributed by atoms with van der Waals surface area (Å²) in [4.78, 5) is 2.36. The first-order chi connectivity index (χ1) is 24.8. The zero-order valence-electron chi connectivity index (χ0n) is 26.8. The molecule has 3 heterocycles. The summed E-state index contributed by atoms with van der Waals surface area (Å²) in [6, 6.07) is 59.3. The molecule has 11 aromatic rings. The Bertz CT molecular complexity index is 3090. The topological polar surface area (TPSA) is 16.4 Å². The van der Waals surface area contributed by atoms with Crippen LogP contribution >= 0.6 is 22.7 Å². The molecule has 0 unspecified atom stereocenters. The van der Waals surface area contributed by atoms with Crippen LogP contribution in [0.25, 0.3) is 84.2 Å². The van der Waals surface area contributed by atoms with E-state index >= 15 is 0 Å². The Morgan fingerprint density at radius 3 is 1.88 bits per heavy atom. The van der Waals surface area contributed by atoms with Gasteiger partial charge in [0.05, 0.1) is 0 Å². The minimum Gasteiger partial charge on any atom is -0.456 e. The van der Waals surface area contributed by atoms with Crippen LogP contribution in [-0.4, -0.2) is 0 Å². The SMILES string of the molecule is c1ccc(-c2ccc(N(c3ccc4c(c3)oc3ccccc34)c3ccc4sc5ccc6sc7c8ccccc8ccc7c6c5c4c3)cc2)cc1. The van der Waals surface area contributed by atoms with Crippen LogP contribution in [-0.2, 0) is 0 Å². The number of hydrogen-bond donors (Lipinski definition) is 0. The van der Waals surface area contributed by atoms with Gasteiger partial charge < -0.3 is 9.32 Å². The van der Waals surface area contributed by atoms with Crippen LogP contribution < -0.4 is 4.90 Å². The Hall–Kier alpha value is -5.94. The molecular weight excluding hydrogens is 647 g/mol. The van der Waals surface area contributed by atoms with Gasteiger partial charge in [-0.2, -0.15) is 0 Å². The highest BCUT2D eigenvalue weighted by Gasteiger charge is 2.19. The number of anilines is 3. The molecule has 0 aliphatic rings. The molecule has 0 bridgehead atoms. The fourth-order valence-electron chi connectivity index (χ4n) is 7.72. The van der Waals surface area contributed by atoms with Crippen LogP contribution in [0.5, 0.6) is 0 Å². The van der Waals surface area contributed by atoms with Gasteiger partial charge >= 0.3 is 0 Å². The molecular formula is C46H27NOS2. The van der Waals surface area contributed by atoms with Crippen LogP contribution in [0, 0.1) is 0 Å². The van der Waals surface area contributed by atoms with E-state index in [2.05, 4.69) is 157 Å². The molecule has 11 rings (SSSR count). The molecule has 234 valence electrons. The number of benzene rings is 8. The second-order valence-electron chi connectivity index (χ2n) is 12.9. The molecule has 0 amide bonds. The number of fused-ring (bicyclic) bond motifs is 12. The Labute approximate surface area is 295 Å². The van der Waals surface area contributed by atoms with E-state index in [4.69, 9.17) is 4.42 Å². The van der Waals surface area contributed by atoms with Gasteiger partial charge in [0.25, 0.3) is 0 Å². The van der Waals surface area contributed by atoms with Crippen molar-refractivity contribution in [1.29, 1.82) is 0 Å². The third-order valence-corrected chi connectivity index (χ3v) is 12.4. The minimum atomic E-state index is 0.885. The lowest BCUT2D eigenvalue weighted by Gasteiger charge is -2.26. The van der Waals surface area contributed by atoms with Crippen LogP contribution in [0.1, 0.15) is 0 Å². The molecule has 0 fully saturated rings. The second-order valence-corrected chi connectivity index (χ2v) is 15.0. The van der Waals surface area contributed by atoms with Gasteiger partial charge in [0.15, 0.2) is 0 Å². The van der Waals surface area contributed by atoms with Gasteiger partial charge in [0, 0.05) is 74.2 Å². The molecule has 0 spiro atoms. The number of hydrogen-bond acceptors (Lipinski definition) is 4. The van der Waals surface area contributed by atoms with E-state index in [1.54, 1.807) is 0 Å². The predicted molar refractivity (Wildman–Crippen MR) is 217 cm³/mol. The predicted octanol–water partition coefficient (Wildman–Crippen LogP) is 14.6. The maximum Gasteiger partial charge on any atom is 0.137 e. The Morgan fingerprint density at radius 2 is 1.00 bits per heavy atom. The zero-order chi connectivity index (χ0) is 32.8. The lowest BCUT2D eigenvalue weighted by Crippen LogP contribution is -2.09. The number of nitrogens with zero attached hydrogens (tertiary/aromatic N) is 1. The highest BCUT2D eigenvalue weighted by atomic mass is 32.1. The van der Waals surface area contributed by atoms with E-state index in [-0.39, 0.29) is 0 Å². The fraction of sp³-hybridized carbons (Fsp3) is 0. The van der Waals surface area contributed by atoms with Crippen LogP contribution in [0.3, 0.4) is 0 Å². The first-order valence-electron chi connectivity index (χ1n) is 16.8. The van der Waals surface area contributed by atoms with Crippen molar-refractivity contribution in [3.8, 4) is 11.1 Å². The number of furan rings is 1. The maximum absolute atomic E-state index is 6.39. The summed E-state index contributed by atoms with van der Waals surface area (Å²) >= 11 is 3.79. The summed E-state index contributed by atoms with van der Waals surface area (Å²) in [5.74, 6) is 0. The maximum atomic E-state index is 6.39. The largest absolute Gasteiger partial charge is 0.456 e. The molecule has 0 saturated carbocycles. The molecule has 50 heavy (non-hydrogen) atoms. The number of para-hydroxylation sites is 1. The van der Waals surface area contributed by atoms with Crippen molar-refractivity contribution in [1.82, 2.24) is 0 Å². The molecule has 8 aromatic carbocycles. The number of rotatable bonds is 4. The molecule has 3 aromatic heterocycles. The molecule has 0 aliphatic carbocycles. The van der Waals surface area contributed by atoms with E-state index in [1.165, 1.54) is 62.2 Å². The Balaban J connectivity index is 1.15. The van der Waals surface area contributed by atoms with E-state index < -0.39 is 0 Å². The normalized spacial score (nSPS) is 12.0. The van der Waals surface area contributed by atoms with Crippen LogP contribution in [0.15, 0.2) is 168 Å². The second kappa shape index (κ2) is 10.8. The van der Waals surface area contributed by atoms with Crippen molar-refractivity contribution in [3.05, 3.63) is 164 Å². The highest BCUT2D eigenvalue weighted by Crippen LogP contribution is 2.48. The lowest BCUT2D eigenvalue weighted by atomic mass is 10.0. The first kappa shape index (κ1) is 28.0. The summed E-state index contributed by atoms with van der Waals surface area (Å²) in [5, 5.41) is 10.2. The minimum absolute atomic E-state index is 0.885. The third kappa shape index (κ3) is 4.19. The summed E-state index contributed by atoms with van der Waals surface area (Å²) in [6.07, 6.45) is 0. The van der Waals surface area contributed by atoms with Crippen LogP contribution in [0.2, 0.25) is 0 Å². The van der Waals surface area contributed by atoms with Gasteiger partial charge in [-0.15, -0.1) is 22.7 Å². The molecule has 0 aliphatic heterocycles. The van der Waals surface area contributed by atoms with Gasteiger partial charge in [0.1, 0.15) is 11.2 Å². The molecule has 0 atom stereocenters. The zero-order valence-corrected chi connectivity index (χ0v) is 28.4. The van der Waals surface area contributed by atoms with Crippen molar-refractivity contribution in [3.63, 3.8) is 0 Å². The standard InChI is InChI=1S/C46H27NOS2/c1-2-8-28(9-3-1)29-14-17-31(18-15-29)47(33-19-22-36-35-12-6-7-13-39(35)48-40(36)27-33)32-20-23-41-38(26-32)45-42(49-41)24-25-43-44(45)37-21-16-30-10-4-5-11-34(30)46(37)50-43/h1-27H. The molecule has 2 nitrogen and oxygen atoms in total. The van der Waals surface area contributed by atoms with Crippen molar-refractivity contribution in [2.45, 2.75) is 0 Å². The summed E-state index contributed by atoms with van der Waals surface area (Å²) in [6.45, 7) is 0.